The van der Waals surface area contributed by atoms with E-state index in [1.807, 2.05) is 0 Å². The predicted octanol–water partition coefficient (Wildman–Crippen LogP) is 8.89. The summed E-state index contributed by atoms with van der Waals surface area (Å²) in [6.45, 7) is -0.237. The Labute approximate surface area is 188 Å². The molecule has 1 aromatic carbocycles. The highest BCUT2D eigenvalue weighted by Gasteiger charge is 2.33. The SMILES string of the molecule is FCCC/C=C/C1CCC(CCC2CCC(c3ccc(OC(F)(F)F)c(F)c3)CC2)CC1. The molecule has 180 valence electrons. The first-order valence-corrected chi connectivity index (χ1v) is 12.1. The Balaban J connectivity index is 1.36. The van der Waals surface area contributed by atoms with Crippen LogP contribution >= 0.6 is 0 Å². The molecule has 0 amide bonds. The molecule has 0 unspecified atom stereocenters. The summed E-state index contributed by atoms with van der Waals surface area (Å²) in [5.74, 6) is 0.658. The van der Waals surface area contributed by atoms with Crippen molar-refractivity contribution in [3.63, 3.8) is 0 Å². The van der Waals surface area contributed by atoms with Crippen molar-refractivity contribution in [2.75, 3.05) is 6.67 Å². The van der Waals surface area contributed by atoms with E-state index in [0.29, 0.717) is 18.3 Å². The lowest BCUT2D eigenvalue weighted by Gasteiger charge is -2.31. The molecule has 0 atom stereocenters. The van der Waals surface area contributed by atoms with Gasteiger partial charge >= 0.3 is 6.36 Å². The number of hydrogen-bond donors (Lipinski definition) is 0. The molecule has 0 spiro atoms. The monoisotopic (exact) mass is 458 g/mol. The standard InChI is InChI=1S/C26H35F5O/c27-17-3-1-2-4-19-5-7-20(8-6-19)9-10-21-11-13-22(14-12-21)23-15-16-25(24(28)18-23)32-26(29,30)31/h2,4,15-16,18-22H,1,3,5-14,17H2/b4-2+. The molecule has 3 rings (SSSR count). The summed E-state index contributed by atoms with van der Waals surface area (Å²) >= 11 is 0. The summed E-state index contributed by atoms with van der Waals surface area (Å²) in [6.07, 6.45) is 12.7. The second kappa shape index (κ2) is 12.0. The van der Waals surface area contributed by atoms with Crippen molar-refractivity contribution in [2.45, 2.75) is 89.3 Å². The van der Waals surface area contributed by atoms with Crippen LogP contribution < -0.4 is 4.74 Å². The number of alkyl halides is 4. The van der Waals surface area contributed by atoms with Gasteiger partial charge in [-0.3, -0.25) is 4.39 Å². The second-order valence-electron chi connectivity index (χ2n) is 9.57. The molecule has 0 saturated heterocycles. The number of unbranched alkanes of at least 4 members (excludes halogenated alkanes) is 1. The lowest BCUT2D eigenvalue weighted by Crippen LogP contribution is -2.18. The third kappa shape index (κ3) is 8.08. The fourth-order valence-electron chi connectivity index (χ4n) is 5.39. The van der Waals surface area contributed by atoms with E-state index in [1.54, 1.807) is 6.07 Å². The van der Waals surface area contributed by atoms with E-state index in [9.17, 15) is 22.0 Å². The maximum Gasteiger partial charge on any atom is 0.573 e. The highest BCUT2D eigenvalue weighted by Crippen LogP contribution is 2.41. The van der Waals surface area contributed by atoms with Crippen LogP contribution in [0.1, 0.15) is 88.5 Å². The lowest BCUT2D eigenvalue weighted by molar-refractivity contribution is -0.275. The molecule has 2 fully saturated rings. The average Bonchev–Trinajstić information content (AvgIpc) is 2.77. The molecule has 1 nitrogen and oxygen atoms in total. The number of rotatable bonds is 9. The molecular formula is C26H35F5O. The van der Waals surface area contributed by atoms with Gasteiger partial charge in [-0.2, -0.15) is 0 Å². The highest BCUT2D eigenvalue weighted by molar-refractivity contribution is 5.31. The molecule has 0 aromatic heterocycles. The predicted molar refractivity (Wildman–Crippen MR) is 117 cm³/mol. The first kappa shape index (κ1) is 25.0. The van der Waals surface area contributed by atoms with Crippen LogP contribution in [-0.4, -0.2) is 13.0 Å². The summed E-state index contributed by atoms with van der Waals surface area (Å²) < 4.78 is 66.9. The molecule has 0 aliphatic heterocycles. The number of hydrogen-bond acceptors (Lipinski definition) is 1. The van der Waals surface area contributed by atoms with Crippen molar-refractivity contribution < 1.29 is 26.7 Å². The second-order valence-corrected chi connectivity index (χ2v) is 9.57. The zero-order valence-corrected chi connectivity index (χ0v) is 18.7. The molecule has 0 heterocycles. The topological polar surface area (TPSA) is 9.23 Å². The third-order valence-corrected chi connectivity index (χ3v) is 7.29. The number of benzene rings is 1. The molecule has 6 heteroatoms. The minimum atomic E-state index is -4.88. The van der Waals surface area contributed by atoms with Gasteiger partial charge in [0.15, 0.2) is 11.6 Å². The van der Waals surface area contributed by atoms with Gasteiger partial charge in [0.05, 0.1) is 6.67 Å². The number of allylic oxidation sites excluding steroid dienone is 2. The van der Waals surface area contributed by atoms with Gasteiger partial charge in [-0.25, -0.2) is 4.39 Å². The van der Waals surface area contributed by atoms with Crippen molar-refractivity contribution in [2.24, 2.45) is 17.8 Å². The maximum absolute atomic E-state index is 14.0. The summed E-state index contributed by atoms with van der Waals surface area (Å²) in [6, 6.07) is 3.87. The highest BCUT2D eigenvalue weighted by atomic mass is 19.4. The van der Waals surface area contributed by atoms with Crippen molar-refractivity contribution in [3.8, 4) is 5.75 Å². The van der Waals surface area contributed by atoms with Crippen LogP contribution in [0, 0.1) is 23.6 Å². The summed E-state index contributed by atoms with van der Waals surface area (Å²) in [7, 11) is 0. The molecule has 0 N–H and O–H groups in total. The Morgan fingerprint density at radius 1 is 0.906 bits per heavy atom. The minimum Gasteiger partial charge on any atom is -0.403 e. The van der Waals surface area contributed by atoms with E-state index in [2.05, 4.69) is 16.9 Å². The fraction of sp³-hybridized carbons (Fsp3) is 0.692. The Bertz CT molecular complexity index is 713. The van der Waals surface area contributed by atoms with Gasteiger partial charge in [0.25, 0.3) is 0 Å². The quantitative estimate of drug-likeness (QED) is 0.204. The van der Waals surface area contributed by atoms with Crippen LogP contribution in [-0.2, 0) is 0 Å². The van der Waals surface area contributed by atoms with E-state index in [0.717, 1.165) is 49.7 Å². The van der Waals surface area contributed by atoms with Crippen LogP contribution in [0.4, 0.5) is 22.0 Å². The molecule has 0 bridgehead atoms. The third-order valence-electron chi connectivity index (χ3n) is 7.29. The van der Waals surface area contributed by atoms with E-state index in [1.165, 1.54) is 44.6 Å². The smallest absolute Gasteiger partial charge is 0.403 e. The Morgan fingerprint density at radius 2 is 1.53 bits per heavy atom. The summed E-state index contributed by atoms with van der Waals surface area (Å²) in [5.41, 5.74) is 0.772. The lowest BCUT2D eigenvalue weighted by atomic mass is 9.74. The van der Waals surface area contributed by atoms with Crippen LogP contribution in [0.25, 0.3) is 0 Å². The number of halogens is 5. The molecule has 32 heavy (non-hydrogen) atoms. The van der Waals surface area contributed by atoms with E-state index in [4.69, 9.17) is 0 Å². The van der Waals surface area contributed by atoms with Crippen molar-refractivity contribution >= 4 is 0 Å². The van der Waals surface area contributed by atoms with E-state index in [-0.39, 0.29) is 12.6 Å². The van der Waals surface area contributed by atoms with Gasteiger partial charge in [-0.05, 0) is 106 Å². The van der Waals surface area contributed by atoms with Gasteiger partial charge in [0, 0.05) is 0 Å². The molecular weight excluding hydrogens is 423 g/mol. The molecule has 2 aliphatic rings. The first-order valence-electron chi connectivity index (χ1n) is 12.1. The van der Waals surface area contributed by atoms with E-state index < -0.39 is 17.9 Å². The van der Waals surface area contributed by atoms with Crippen molar-refractivity contribution in [1.82, 2.24) is 0 Å². The van der Waals surface area contributed by atoms with Gasteiger partial charge in [-0.1, -0.05) is 31.1 Å². The van der Waals surface area contributed by atoms with Crippen LogP contribution in [0.15, 0.2) is 30.4 Å². The van der Waals surface area contributed by atoms with E-state index >= 15 is 0 Å². The van der Waals surface area contributed by atoms with Gasteiger partial charge in [0.1, 0.15) is 0 Å². The molecule has 2 aliphatic carbocycles. The van der Waals surface area contributed by atoms with Crippen LogP contribution in [0.2, 0.25) is 0 Å². The number of ether oxygens (including phenoxy) is 1. The first-order chi connectivity index (χ1) is 15.3. The zero-order valence-electron chi connectivity index (χ0n) is 18.7. The van der Waals surface area contributed by atoms with Gasteiger partial charge < -0.3 is 4.74 Å². The summed E-state index contributed by atoms with van der Waals surface area (Å²) in [4.78, 5) is 0. The Kier molecular flexibility index (Phi) is 9.42. The van der Waals surface area contributed by atoms with Gasteiger partial charge in [0.2, 0.25) is 0 Å². The average molecular weight is 459 g/mol. The van der Waals surface area contributed by atoms with Crippen LogP contribution in [0.3, 0.4) is 0 Å². The molecule has 2 saturated carbocycles. The normalized spacial score (nSPS) is 27.0. The zero-order chi connectivity index (χ0) is 23.0. The van der Waals surface area contributed by atoms with Crippen molar-refractivity contribution in [1.29, 1.82) is 0 Å². The minimum absolute atomic E-state index is 0.209. The van der Waals surface area contributed by atoms with Crippen LogP contribution in [0.5, 0.6) is 5.75 Å². The fourth-order valence-corrected chi connectivity index (χ4v) is 5.39. The maximum atomic E-state index is 14.0. The Morgan fingerprint density at radius 3 is 2.09 bits per heavy atom. The van der Waals surface area contributed by atoms with Gasteiger partial charge in [-0.15, -0.1) is 13.2 Å². The Hall–Kier alpha value is -1.59. The molecule has 0 radical (unpaired) electrons. The largest absolute Gasteiger partial charge is 0.573 e. The summed E-state index contributed by atoms with van der Waals surface area (Å²) in [5, 5.41) is 0. The molecule has 1 aromatic rings. The van der Waals surface area contributed by atoms with Crippen molar-refractivity contribution in [3.05, 3.63) is 41.7 Å².